The van der Waals surface area contributed by atoms with E-state index in [2.05, 4.69) is 24.1 Å². The Balaban J connectivity index is 2.57. The van der Waals surface area contributed by atoms with Crippen molar-refractivity contribution in [3.05, 3.63) is 23.4 Å². The first-order valence-electron chi connectivity index (χ1n) is 5.15. The number of hydrogen-bond donors (Lipinski definition) is 1. The number of aromatic nitrogens is 1. The summed E-state index contributed by atoms with van der Waals surface area (Å²) in [4.78, 5) is 4.20. The molecule has 1 atom stereocenters. The third-order valence-corrected chi connectivity index (χ3v) is 2.41. The van der Waals surface area contributed by atoms with E-state index in [1.807, 2.05) is 12.1 Å². The number of rotatable bonds is 5. The van der Waals surface area contributed by atoms with Crippen LogP contribution in [0, 0.1) is 0 Å². The Morgan fingerprint density at radius 2 is 2.21 bits per heavy atom. The van der Waals surface area contributed by atoms with Gasteiger partial charge in [0.15, 0.2) is 0 Å². The zero-order chi connectivity index (χ0) is 10.4. The summed E-state index contributed by atoms with van der Waals surface area (Å²) in [7, 11) is 0. The zero-order valence-corrected chi connectivity index (χ0v) is 9.51. The molecule has 0 aliphatic rings. The van der Waals surface area contributed by atoms with Gasteiger partial charge in [-0.1, -0.05) is 37.9 Å². The minimum absolute atomic E-state index is 0.506. The maximum Gasteiger partial charge on any atom is 0.131 e. The van der Waals surface area contributed by atoms with Crippen molar-refractivity contribution in [2.24, 2.45) is 0 Å². The maximum atomic E-state index is 5.80. The third kappa shape index (κ3) is 3.54. The Kier molecular flexibility index (Phi) is 4.74. The fourth-order valence-electron chi connectivity index (χ4n) is 1.42. The van der Waals surface area contributed by atoms with E-state index >= 15 is 0 Å². The van der Waals surface area contributed by atoms with Crippen LogP contribution in [-0.4, -0.2) is 11.0 Å². The van der Waals surface area contributed by atoms with Crippen LogP contribution in [0.3, 0.4) is 0 Å². The van der Waals surface area contributed by atoms with Gasteiger partial charge in [-0.25, -0.2) is 4.98 Å². The number of nitrogens with zero attached hydrogens (tertiary/aromatic N) is 1. The third-order valence-electron chi connectivity index (χ3n) is 2.20. The lowest BCUT2D eigenvalue weighted by Crippen LogP contribution is -2.18. The van der Waals surface area contributed by atoms with Gasteiger partial charge >= 0.3 is 0 Å². The number of hydrogen-bond acceptors (Lipinski definition) is 2. The Morgan fingerprint density at radius 3 is 2.79 bits per heavy atom. The topological polar surface area (TPSA) is 24.9 Å². The van der Waals surface area contributed by atoms with Crippen LogP contribution in [0.15, 0.2) is 18.2 Å². The molecule has 1 rings (SSSR count). The van der Waals surface area contributed by atoms with E-state index in [1.165, 1.54) is 12.8 Å². The number of halogens is 1. The van der Waals surface area contributed by atoms with Gasteiger partial charge in [0.05, 0.1) is 0 Å². The highest BCUT2D eigenvalue weighted by Gasteiger charge is 2.05. The summed E-state index contributed by atoms with van der Waals surface area (Å²) >= 11 is 5.80. The van der Waals surface area contributed by atoms with Crippen molar-refractivity contribution < 1.29 is 0 Å². The molecule has 1 N–H and O–H groups in total. The monoisotopic (exact) mass is 212 g/mol. The second kappa shape index (κ2) is 5.86. The molecule has 1 heterocycles. The fraction of sp³-hybridized carbons (Fsp3) is 0.545. The summed E-state index contributed by atoms with van der Waals surface area (Å²) < 4.78 is 0. The quantitative estimate of drug-likeness (QED) is 0.753. The van der Waals surface area contributed by atoms with Crippen molar-refractivity contribution in [1.29, 1.82) is 0 Å². The minimum atomic E-state index is 0.506. The Bertz CT molecular complexity index is 276. The Hall–Kier alpha value is -0.760. The molecule has 1 unspecified atom stereocenters. The molecule has 1 aromatic heterocycles. The standard InChI is InChI=1S/C11H17ClN2/c1-3-6-9(4-2)13-11-8-5-7-10(12)14-11/h5,7-9H,3-4,6H2,1-2H3,(H,13,14). The van der Waals surface area contributed by atoms with Crippen LogP contribution in [0.4, 0.5) is 5.82 Å². The van der Waals surface area contributed by atoms with Crippen LogP contribution >= 0.6 is 11.6 Å². The Morgan fingerprint density at radius 1 is 1.43 bits per heavy atom. The van der Waals surface area contributed by atoms with Gasteiger partial charge in [-0.3, -0.25) is 0 Å². The number of nitrogens with one attached hydrogen (secondary N) is 1. The summed E-state index contributed by atoms with van der Waals surface area (Å²) in [5, 5.41) is 3.92. The molecule has 14 heavy (non-hydrogen) atoms. The SMILES string of the molecule is CCCC(CC)Nc1cccc(Cl)n1. The smallest absolute Gasteiger partial charge is 0.131 e. The summed E-state index contributed by atoms with van der Waals surface area (Å²) in [6, 6.07) is 6.15. The molecule has 0 saturated heterocycles. The van der Waals surface area contributed by atoms with Gasteiger partial charge in [0.2, 0.25) is 0 Å². The summed E-state index contributed by atoms with van der Waals surface area (Å²) in [5.74, 6) is 0.873. The van der Waals surface area contributed by atoms with Crippen molar-refractivity contribution >= 4 is 17.4 Å². The van der Waals surface area contributed by atoms with Gasteiger partial charge in [-0.2, -0.15) is 0 Å². The van der Waals surface area contributed by atoms with Crippen LogP contribution < -0.4 is 5.32 Å². The van der Waals surface area contributed by atoms with Gasteiger partial charge in [-0.15, -0.1) is 0 Å². The highest BCUT2D eigenvalue weighted by atomic mass is 35.5. The summed E-state index contributed by atoms with van der Waals surface area (Å²) in [5.41, 5.74) is 0. The van der Waals surface area contributed by atoms with E-state index in [1.54, 1.807) is 6.07 Å². The first-order chi connectivity index (χ1) is 6.76. The highest BCUT2D eigenvalue weighted by Crippen LogP contribution is 2.13. The second-order valence-corrected chi connectivity index (χ2v) is 3.77. The van der Waals surface area contributed by atoms with Crippen LogP contribution in [0.2, 0.25) is 5.15 Å². The van der Waals surface area contributed by atoms with Gasteiger partial charge in [0.1, 0.15) is 11.0 Å². The number of anilines is 1. The van der Waals surface area contributed by atoms with E-state index in [0.29, 0.717) is 11.2 Å². The molecule has 0 amide bonds. The molecule has 1 aromatic rings. The van der Waals surface area contributed by atoms with Gasteiger partial charge in [0, 0.05) is 6.04 Å². The molecule has 0 saturated carbocycles. The molecule has 0 aliphatic carbocycles. The predicted octanol–water partition coefficient (Wildman–Crippen LogP) is 3.73. The molecule has 0 aliphatic heterocycles. The number of pyridine rings is 1. The highest BCUT2D eigenvalue weighted by molar-refractivity contribution is 6.29. The van der Waals surface area contributed by atoms with Crippen LogP contribution in [-0.2, 0) is 0 Å². The largest absolute Gasteiger partial charge is 0.367 e. The van der Waals surface area contributed by atoms with E-state index in [-0.39, 0.29) is 0 Å². The van der Waals surface area contributed by atoms with E-state index < -0.39 is 0 Å². The lowest BCUT2D eigenvalue weighted by molar-refractivity contribution is 0.620. The summed E-state index contributed by atoms with van der Waals surface area (Å²) in [6.07, 6.45) is 3.47. The lowest BCUT2D eigenvalue weighted by Gasteiger charge is -2.16. The van der Waals surface area contributed by atoms with Crippen molar-refractivity contribution in [3.8, 4) is 0 Å². The second-order valence-electron chi connectivity index (χ2n) is 3.38. The molecule has 0 fully saturated rings. The van der Waals surface area contributed by atoms with Gasteiger partial charge in [-0.05, 0) is 25.0 Å². The van der Waals surface area contributed by atoms with Crippen molar-refractivity contribution in [2.75, 3.05) is 5.32 Å². The van der Waals surface area contributed by atoms with Gasteiger partial charge in [0.25, 0.3) is 0 Å². The van der Waals surface area contributed by atoms with Crippen LogP contribution in [0.5, 0.6) is 0 Å². The predicted molar refractivity (Wildman–Crippen MR) is 61.9 cm³/mol. The zero-order valence-electron chi connectivity index (χ0n) is 8.76. The van der Waals surface area contributed by atoms with Crippen molar-refractivity contribution in [2.45, 2.75) is 39.2 Å². The van der Waals surface area contributed by atoms with Crippen LogP contribution in [0.1, 0.15) is 33.1 Å². The molecule has 0 spiro atoms. The van der Waals surface area contributed by atoms with E-state index in [9.17, 15) is 0 Å². The van der Waals surface area contributed by atoms with Crippen molar-refractivity contribution in [1.82, 2.24) is 4.98 Å². The lowest BCUT2D eigenvalue weighted by atomic mass is 10.1. The molecule has 0 bridgehead atoms. The minimum Gasteiger partial charge on any atom is -0.367 e. The molecular formula is C11H17ClN2. The average Bonchev–Trinajstić information content (AvgIpc) is 2.17. The summed E-state index contributed by atoms with van der Waals surface area (Å²) in [6.45, 7) is 4.37. The molecular weight excluding hydrogens is 196 g/mol. The van der Waals surface area contributed by atoms with Gasteiger partial charge < -0.3 is 5.32 Å². The average molecular weight is 213 g/mol. The molecule has 0 aromatic carbocycles. The van der Waals surface area contributed by atoms with Crippen LogP contribution in [0.25, 0.3) is 0 Å². The van der Waals surface area contributed by atoms with E-state index in [0.717, 1.165) is 12.2 Å². The normalized spacial score (nSPS) is 12.5. The first-order valence-corrected chi connectivity index (χ1v) is 5.53. The molecule has 0 radical (unpaired) electrons. The Labute approximate surface area is 90.7 Å². The fourth-order valence-corrected chi connectivity index (χ4v) is 1.59. The molecule has 78 valence electrons. The maximum absolute atomic E-state index is 5.80. The first kappa shape index (κ1) is 11.3. The molecule has 2 nitrogen and oxygen atoms in total. The van der Waals surface area contributed by atoms with E-state index in [4.69, 9.17) is 11.6 Å². The van der Waals surface area contributed by atoms with Crippen molar-refractivity contribution in [3.63, 3.8) is 0 Å². The molecule has 3 heteroatoms.